The zero-order valence-electron chi connectivity index (χ0n) is 15.9. The van der Waals surface area contributed by atoms with Gasteiger partial charge in [0.2, 0.25) is 0 Å². The maximum atomic E-state index is 12.2. The molecule has 2 aromatic rings. The first-order valence-electron chi connectivity index (χ1n) is 9.54. The van der Waals surface area contributed by atoms with E-state index in [0.29, 0.717) is 5.92 Å². The molecule has 1 aliphatic carbocycles. The van der Waals surface area contributed by atoms with E-state index in [2.05, 4.69) is 55.8 Å². The highest BCUT2D eigenvalue weighted by molar-refractivity contribution is 5.94. The Bertz CT molecular complexity index is 740. The second-order valence-electron chi connectivity index (χ2n) is 7.93. The van der Waals surface area contributed by atoms with Crippen LogP contribution in [-0.4, -0.2) is 17.0 Å². The number of amides is 1. The van der Waals surface area contributed by atoms with Crippen molar-refractivity contribution in [2.75, 3.05) is 6.54 Å². The summed E-state index contributed by atoms with van der Waals surface area (Å²) in [5.74, 6) is 1.40. The van der Waals surface area contributed by atoms with Gasteiger partial charge in [-0.2, -0.15) is 0 Å². The lowest BCUT2D eigenvalue weighted by Gasteiger charge is -2.21. The number of carbonyl (C=O) groups is 1. The highest BCUT2D eigenvalue weighted by atomic mass is 16.1. The average Bonchev–Trinajstić information content (AvgIpc) is 2.89. The van der Waals surface area contributed by atoms with Gasteiger partial charge < -0.3 is 9.88 Å². The van der Waals surface area contributed by atoms with Crippen LogP contribution in [0.2, 0.25) is 0 Å². The molecule has 134 valence electrons. The number of carbonyl (C=O) groups excluding carboxylic acids is 1. The first-order valence-corrected chi connectivity index (χ1v) is 9.54. The Balaban J connectivity index is 1.76. The molecule has 1 atom stereocenters. The number of benzene rings is 1. The lowest BCUT2D eigenvalue weighted by Crippen LogP contribution is -2.25. The summed E-state index contributed by atoms with van der Waals surface area (Å²) in [5, 5.41) is 3.00. The van der Waals surface area contributed by atoms with Crippen LogP contribution in [0.4, 0.5) is 0 Å². The summed E-state index contributed by atoms with van der Waals surface area (Å²) in [6, 6.07) is 10.4. The van der Waals surface area contributed by atoms with Gasteiger partial charge in [0.1, 0.15) is 0 Å². The Labute approximate surface area is 151 Å². The molecule has 0 spiro atoms. The van der Waals surface area contributed by atoms with Gasteiger partial charge in [0, 0.05) is 29.2 Å². The number of nitrogens with zero attached hydrogens (tertiary/aromatic N) is 1. The van der Waals surface area contributed by atoms with Crippen LogP contribution in [-0.2, 0) is 12.8 Å². The Hall–Kier alpha value is -2.03. The number of aryl methyl sites for hydroxylation is 1. The fourth-order valence-corrected chi connectivity index (χ4v) is 3.76. The van der Waals surface area contributed by atoms with Gasteiger partial charge in [0.05, 0.1) is 0 Å². The largest absolute Gasteiger partial charge is 0.352 e. The predicted octanol–water partition coefficient (Wildman–Crippen LogP) is 4.69. The molecule has 3 rings (SSSR count). The molecule has 3 heteroatoms. The van der Waals surface area contributed by atoms with Gasteiger partial charge >= 0.3 is 0 Å². The molecule has 0 radical (unpaired) electrons. The van der Waals surface area contributed by atoms with E-state index in [-0.39, 0.29) is 5.91 Å². The van der Waals surface area contributed by atoms with Crippen molar-refractivity contribution in [1.29, 1.82) is 0 Å². The molecule has 0 aliphatic heterocycles. The highest BCUT2D eigenvalue weighted by Gasteiger charge is 2.21. The average molecular weight is 338 g/mol. The molecule has 0 saturated heterocycles. The van der Waals surface area contributed by atoms with Crippen molar-refractivity contribution in [2.45, 2.75) is 53.4 Å². The summed E-state index contributed by atoms with van der Waals surface area (Å²) >= 11 is 0. The van der Waals surface area contributed by atoms with Crippen LogP contribution in [0.25, 0.3) is 5.69 Å². The van der Waals surface area contributed by atoms with Gasteiger partial charge in [-0.1, -0.05) is 20.8 Å². The van der Waals surface area contributed by atoms with Gasteiger partial charge in [-0.15, -0.1) is 0 Å². The maximum Gasteiger partial charge on any atom is 0.251 e. The van der Waals surface area contributed by atoms with Crippen molar-refractivity contribution in [2.24, 2.45) is 11.8 Å². The van der Waals surface area contributed by atoms with Crippen molar-refractivity contribution in [3.63, 3.8) is 0 Å². The van der Waals surface area contributed by atoms with Crippen LogP contribution in [0.1, 0.15) is 60.9 Å². The Morgan fingerprint density at radius 2 is 2.00 bits per heavy atom. The number of fused-ring (bicyclic) bond motifs is 1. The summed E-state index contributed by atoms with van der Waals surface area (Å²) in [7, 11) is 0. The molecule has 1 amide bonds. The fourth-order valence-electron chi connectivity index (χ4n) is 3.76. The van der Waals surface area contributed by atoms with E-state index in [9.17, 15) is 4.79 Å². The second-order valence-corrected chi connectivity index (χ2v) is 7.93. The van der Waals surface area contributed by atoms with Crippen molar-refractivity contribution in [3.8, 4) is 5.69 Å². The van der Waals surface area contributed by atoms with E-state index in [1.165, 1.54) is 29.8 Å². The minimum absolute atomic E-state index is 0.0206. The Morgan fingerprint density at radius 1 is 1.28 bits per heavy atom. The normalized spacial score (nSPS) is 16.8. The third-order valence-corrected chi connectivity index (χ3v) is 5.21. The number of hydrogen-bond donors (Lipinski definition) is 1. The minimum atomic E-state index is 0.0206. The van der Waals surface area contributed by atoms with E-state index in [0.717, 1.165) is 36.6 Å². The van der Waals surface area contributed by atoms with Gasteiger partial charge in [-0.3, -0.25) is 4.79 Å². The van der Waals surface area contributed by atoms with Crippen LogP contribution in [0, 0.1) is 18.8 Å². The van der Waals surface area contributed by atoms with Crippen molar-refractivity contribution in [3.05, 3.63) is 52.8 Å². The molecule has 0 fully saturated rings. The Kier molecular flexibility index (Phi) is 5.31. The molecule has 1 heterocycles. The van der Waals surface area contributed by atoms with Gasteiger partial charge in [0.25, 0.3) is 5.91 Å². The molecule has 0 saturated carbocycles. The molecule has 0 unspecified atom stereocenters. The quantitative estimate of drug-likeness (QED) is 0.843. The molecule has 25 heavy (non-hydrogen) atoms. The monoisotopic (exact) mass is 338 g/mol. The molecular weight excluding hydrogens is 308 g/mol. The maximum absolute atomic E-state index is 12.2. The standard InChI is InChI=1S/C22H30N2O/c1-15(2)11-12-23-22(25)18-6-8-20(9-7-18)24-17(4)14-19-13-16(3)5-10-21(19)24/h6-9,14-16H,5,10-13H2,1-4H3,(H,23,25)/t16-/m0/s1. The molecule has 0 bridgehead atoms. The van der Waals surface area contributed by atoms with Crippen molar-refractivity contribution in [1.82, 2.24) is 9.88 Å². The third-order valence-electron chi connectivity index (χ3n) is 5.21. The van der Waals surface area contributed by atoms with E-state index in [4.69, 9.17) is 0 Å². The van der Waals surface area contributed by atoms with E-state index < -0.39 is 0 Å². The Morgan fingerprint density at radius 3 is 2.68 bits per heavy atom. The van der Waals surface area contributed by atoms with E-state index >= 15 is 0 Å². The third kappa shape index (κ3) is 3.97. The van der Waals surface area contributed by atoms with E-state index in [1.54, 1.807) is 0 Å². The van der Waals surface area contributed by atoms with Gasteiger partial charge in [-0.25, -0.2) is 0 Å². The number of hydrogen-bond acceptors (Lipinski definition) is 1. The highest BCUT2D eigenvalue weighted by Crippen LogP contribution is 2.30. The van der Waals surface area contributed by atoms with Crippen LogP contribution >= 0.6 is 0 Å². The predicted molar refractivity (Wildman–Crippen MR) is 103 cm³/mol. The molecular formula is C22H30N2O. The summed E-state index contributed by atoms with van der Waals surface area (Å²) in [6.07, 6.45) is 4.59. The van der Waals surface area contributed by atoms with Crippen molar-refractivity contribution >= 4 is 5.91 Å². The van der Waals surface area contributed by atoms with Crippen LogP contribution in [0.15, 0.2) is 30.3 Å². The van der Waals surface area contributed by atoms with Crippen LogP contribution < -0.4 is 5.32 Å². The summed E-state index contributed by atoms with van der Waals surface area (Å²) < 4.78 is 2.36. The van der Waals surface area contributed by atoms with Crippen molar-refractivity contribution < 1.29 is 4.79 Å². The number of nitrogens with one attached hydrogen (secondary N) is 1. The zero-order chi connectivity index (χ0) is 18.0. The molecule has 1 aliphatic rings. The summed E-state index contributed by atoms with van der Waals surface area (Å²) in [4.78, 5) is 12.2. The van der Waals surface area contributed by atoms with E-state index in [1.807, 2.05) is 12.1 Å². The molecule has 3 nitrogen and oxygen atoms in total. The summed E-state index contributed by atoms with van der Waals surface area (Å²) in [6.45, 7) is 9.59. The van der Waals surface area contributed by atoms with Crippen LogP contribution in [0.3, 0.4) is 0 Å². The fraction of sp³-hybridized carbons (Fsp3) is 0.500. The SMILES string of the molecule is Cc1cc2c(n1-c1ccc(C(=O)NCCC(C)C)cc1)CC[C@H](C)C2. The smallest absolute Gasteiger partial charge is 0.251 e. The molecule has 1 N–H and O–H groups in total. The lowest BCUT2D eigenvalue weighted by atomic mass is 9.89. The topological polar surface area (TPSA) is 34.0 Å². The first kappa shape index (κ1) is 17.8. The van der Waals surface area contributed by atoms with Crippen LogP contribution in [0.5, 0.6) is 0 Å². The second kappa shape index (κ2) is 7.47. The zero-order valence-corrected chi connectivity index (χ0v) is 15.9. The van der Waals surface area contributed by atoms with Gasteiger partial charge in [-0.05, 0) is 80.3 Å². The summed E-state index contributed by atoms with van der Waals surface area (Å²) in [5.41, 5.74) is 6.12. The molecule has 1 aromatic heterocycles. The number of rotatable bonds is 5. The molecule has 1 aromatic carbocycles. The lowest BCUT2D eigenvalue weighted by molar-refractivity contribution is 0.0952. The van der Waals surface area contributed by atoms with Gasteiger partial charge in [0.15, 0.2) is 0 Å². The number of aromatic nitrogens is 1. The minimum Gasteiger partial charge on any atom is -0.352 e. The first-order chi connectivity index (χ1) is 12.0.